The summed E-state index contributed by atoms with van der Waals surface area (Å²) in [5.41, 5.74) is 2.02. The van der Waals surface area contributed by atoms with Gasteiger partial charge in [0.15, 0.2) is 0 Å². The molecule has 0 aromatic carbocycles. The molecule has 8 heteroatoms. The van der Waals surface area contributed by atoms with E-state index >= 15 is 0 Å². The van der Waals surface area contributed by atoms with E-state index in [1.807, 2.05) is 11.5 Å². The van der Waals surface area contributed by atoms with Crippen molar-refractivity contribution in [3.63, 3.8) is 0 Å². The van der Waals surface area contributed by atoms with Crippen molar-refractivity contribution in [1.82, 2.24) is 19.4 Å². The molecule has 0 saturated heterocycles. The molecule has 0 fully saturated rings. The van der Waals surface area contributed by atoms with E-state index in [1.54, 1.807) is 35.9 Å². The van der Waals surface area contributed by atoms with E-state index in [2.05, 4.69) is 9.97 Å². The number of thiophene rings is 1. The van der Waals surface area contributed by atoms with Crippen LogP contribution in [0.3, 0.4) is 0 Å². The lowest BCUT2D eigenvalue weighted by atomic mass is 10.3. The fraction of sp³-hybridized carbons (Fsp3) is 0.267. The van der Waals surface area contributed by atoms with Gasteiger partial charge in [-0.1, -0.05) is 0 Å². The average Bonchev–Trinajstić information content (AvgIpc) is 3.20. The number of rotatable bonds is 5. The monoisotopic (exact) mass is 332 g/mol. The quantitative estimate of drug-likeness (QED) is 0.750. The molecule has 3 heterocycles. The highest BCUT2D eigenvalue weighted by Gasteiger charge is 2.19. The van der Waals surface area contributed by atoms with Crippen molar-refractivity contribution in [3.05, 3.63) is 40.9 Å². The highest BCUT2D eigenvalue weighted by molar-refractivity contribution is 7.17. The van der Waals surface area contributed by atoms with Gasteiger partial charge < -0.3 is 19.6 Å². The second-order valence-electron chi connectivity index (χ2n) is 5.21. The summed E-state index contributed by atoms with van der Waals surface area (Å²) in [5, 5.41) is 10.7. The molecule has 3 aromatic heterocycles. The molecule has 120 valence electrons. The molecular weight excluding hydrogens is 316 g/mol. The molecule has 3 aromatic rings. The molecule has 0 spiro atoms. The Morgan fingerprint density at radius 2 is 2.26 bits per heavy atom. The summed E-state index contributed by atoms with van der Waals surface area (Å²) in [6, 6.07) is 1.70. The lowest BCUT2D eigenvalue weighted by Gasteiger charge is -2.17. The molecule has 0 aliphatic carbocycles. The van der Waals surface area contributed by atoms with E-state index in [0.29, 0.717) is 17.8 Å². The van der Waals surface area contributed by atoms with Gasteiger partial charge in [-0.25, -0.2) is 9.78 Å². The van der Waals surface area contributed by atoms with Crippen LogP contribution in [0.5, 0.6) is 0 Å². The van der Waals surface area contributed by atoms with Gasteiger partial charge in [-0.2, -0.15) is 0 Å². The van der Waals surface area contributed by atoms with Gasteiger partial charge >= 0.3 is 5.97 Å². The number of amides is 1. The first kappa shape index (κ1) is 15.3. The van der Waals surface area contributed by atoms with E-state index in [4.69, 9.17) is 5.11 Å². The zero-order chi connectivity index (χ0) is 16.6. The first-order valence-corrected chi connectivity index (χ1v) is 7.97. The number of aromatic nitrogens is 3. The summed E-state index contributed by atoms with van der Waals surface area (Å²) in [4.78, 5) is 32.3. The van der Waals surface area contributed by atoms with E-state index < -0.39 is 5.97 Å². The standard InChI is InChI=1S/C15H16N4O3S/c1-3-19-8-16-5-9(19)6-18(2)14(20)11-4-12-13(17-11)10(7-23-12)15(21)22/h4-5,7-8,17H,3,6H2,1-2H3,(H,21,22). The number of nitrogens with one attached hydrogen (secondary N) is 1. The molecule has 7 nitrogen and oxygen atoms in total. The van der Waals surface area contributed by atoms with Crippen LogP contribution in [0.15, 0.2) is 24.0 Å². The van der Waals surface area contributed by atoms with Gasteiger partial charge in [0.05, 0.1) is 34.3 Å². The van der Waals surface area contributed by atoms with Crippen molar-refractivity contribution < 1.29 is 14.7 Å². The zero-order valence-electron chi connectivity index (χ0n) is 12.7. The molecule has 0 atom stereocenters. The number of carboxylic acid groups (broad SMARTS) is 1. The van der Waals surface area contributed by atoms with Crippen LogP contribution in [0.4, 0.5) is 0 Å². The lowest BCUT2D eigenvalue weighted by molar-refractivity contribution is 0.0697. The SMILES string of the molecule is CCn1cncc1CN(C)C(=O)c1cc2scc(C(=O)O)c2[nH]1. The number of carboxylic acids is 1. The van der Waals surface area contributed by atoms with Gasteiger partial charge in [0.25, 0.3) is 5.91 Å². The second-order valence-corrected chi connectivity index (χ2v) is 6.12. The summed E-state index contributed by atoms with van der Waals surface area (Å²) in [7, 11) is 1.71. The fourth-order valence-corrected chi connectivity index (χ4v) is 3.40. The van der Waals surface area contributed by atoms with Crippen molar-refractivity contribution in [2.75, 3.05) is 7.05 Å². The number of aromatic amines is 1. The number of H-pyrrole nitrogens is 1. The van der Waals surface area contributed by atoms with Crippen LogP contribution in [-0.4, -0.2) is 43.5 Å². The number of nitrogens with zero attached hydrogens (tertiary/aromatic N) is 3. The van der Waals surface area contributed by atoms with Crippen molar-refractivity contribution in [2.24, 2.45) is 0 Å². The Balaban J connectivity index is 1.83. The summed E-state index contributed by atoms with van der Waals surface area (Å²) in [6.45, 7) is 3.24. The number of fused-ring (bicyclic) bond motifs is 1. The van der Waals surface area contributed by atoms with Gasteiger partial charge in [-0.3, -0.25) is 4.79 Å². The Labute approximate surface area is 136 Å². The summed E-state index contributed by atoms with van der Waals surface area (Å²) in [6.07, 6.45) is 3.47. The molecule has 1 amide bonds. The molecule has 0 unspecified atom stereocenters. The van der Waals surface area contributed by atoms with Crippen LogP contribution in [0.2, 0.25) is 0 Å². The number of carbonyl (C=O) groups is 2. The number of carbonyl (C=O) groups excluding carboxylic acids is 1. The second kappa shape index (κ2) is 5.88. The molecule has 3 rings (SSSR count). The average molecular weight is 332 g/mol. The van der Waals surface area contributed by atoms with Gasteiger partial charge in [0.1, 0.15) is 5.69 Å². The highest BCUT2D eigenvalue weighted by Crippen LogP contribution is 2.27. The van der Waals surface area contributed by atoms with E-state index in [1.165, 1.54) is 11.3 Å². The number of hydrogen-bond acceptors (Lipinski definition) is 4. The normalized spacial score (nSPS) is 11.0. The predicted octanol–water partition coefficient (Wildman–Crippen LogP) is 2.42. The van der Waals surface area contributed by atoms with E-state index in [-0.39, 0.29) is 11.5 Å². The number of imidazole rings is 1. The largest absolute Gasteiger partial charge is 0.478 e. The molecule has 23 heavy (non-hydrogen) atoms. The molecule has 0 bridgehead atoms. The van der Waals surface area contributed by atoms with Gasteiger partial charge in [0.2, 0.25) is 0 Å². The maximum absolute atomic E-state index is 12.5. The molecule has 2 N–H and O–H groups in total. The van der Waals surface area contributed by atoms with Crippen molar-refractivity contribution in [3.8, 4) is 0 Å². The third-order valence-corrected chi connectivity index (χ3v) is 4.63. The van der Waals surface area contributed by atoms with Crippen molar-refractivity contribution in [1.29, 1.82) is 0 Å². The Kier molecular flexibility index (Phi) is 3.91. The minimum atomic E-state index is -1.00. The Morgan fingerprint density at radius 3 is 2.96 bits per heavy atom. The molecular formula is C15H16N4O3S. The minimum absolute atomic E-state index is 0.186. The van der Waals surface area contributed by atoms with Gasteiger partial charge in [-0.15, -0.1) is 11.3 Å². The summed E-state index contributed by atoms with van der Waals surface area (Å²) in [5.74, 6) is -1.19. The van der Waals surface area contributed by atoms with Crippen LogP contribution in [-0.2, 0) is 13.1 Å². The first-order chi connectivity index (χ1) is 11.0. The minimum Gasteiger partial charge on any atom is -0.478 e. The Hall–Kier alpha value is -2.61. The maximum Gasteiger partial charge on any atom is 0.338 e. The summed E-state index contributed by atoms with van der Waals surface area (Å²) < 4.78 is 2.73. The van der Waals surface area contributed by atoms with E-state index in [0.717, 1.165) is 16.9 Å². The highest BCUT2D eigenvalue weighted by atomic mass is 32.1. The number of aromatic carboxylic acids is 1. The number of hydrogen-bond donors (Lipinski definition) is 2. The smallest absolute Gasteiger partial charge is 0.338 e. The first-order valence-electron chi connectivity index (χ1n) is 7.09. The Bertz CT molecular complexity index is 876. The van der Waals surface area contributed by atoms with Crippen molar-refractivity contribution >= 4 is 33.4 Å². The van der Waals surface area contributed by atoms with Crippen LogP contribution < -0.4 is 0 Å². The zero-order valence-corrected chi connectivity index (χ0v) is 13.6. The van der Waals surface area contributed by atoms with Crippen LogP contribution in [0.1, 0.15) is 33.5 Å². The third kappa shape index (κ3) is 2.72. The lowest BCUT2D eigenvalue weighted by Crippen LogP contribution is -2.27. The van der Waals surface area contributed by atoms with Crippen LogP contribution in [0, 0.1) is 0 Å². The van der Waals surface area contributed by atoms with E-state index in [9.17, 15) is 9.59 Å². The van der Waals surface area contributed by atoms with Crippen LogP contribution in [0.25, 0.3) is 10.2 Å². The van der Waals surface area contributed by atoms with Crippen LogP contribution >= 0.6 is 11.3 Å². The van der Waals surface area contributed by atoms with Gasteiger partial charge in [-0.05, 0) is 13.0 Å². The molecule has 0 saturated carbocycles. The molecule has 0 radical (unpaired) electrons. The number of aryl methyl sites for hydroxylation is 1. The Morgan fingerprint density at radius 1 is 1.48 bits per heavy atom. The summed E-state index contributed by atoms with van der Waals surface area (Å²) >= 11 is 1.31. The van der Waals surface area contributed by atoms with Gasteiger partial charge in [0, 0.05) is 25.2 Å². The maximum atomic E-state index is 12.5. The van der Waals surface area contributed by atoms with Crippen molar-refractivity contribution in [2.45, 2.75) is 20.0 Å². The predicted molar refractivity (Wildman–Crippen MR) is 86.8 cm³/mol. The molecule has 0 aliphatic rings. The molecule has 0 aliphatic heterocycles. The third-order valence-electron chi connectivity index (χ3n) is 3.70. The topological polar surface area (TPSA) is 91.2 Å². The fourth-order valence-electron chi connectivity index (χ4n) is 2.47.